The summed E-state index contributed by atoms with van der Waals surface area (Å²) < 4.78 is 5.80. The minimum Gasteiger partial charge on any atom is -0.481 e. The number of piperidine rings is 1. The molecule has 1 fully saturated rings. The highest BCUT2D eigenvalue weighted by atomic mass is 16.5. The summed E-state index contributed by atoms with van der Waals surface area (Å²) in [6.45, 7) is 7.81. The van der Waals surface area contributed by atoms with Crippen LogP contribution >= 0.6 is 0 Å². The largest absolute Gasteiger partial charge is 0.481 e. The summed E-state index contributed by atoms with van der Waals surface area (Å²) in [5.74, 6) is 1.64. The molecule has 0 N–H and O–H groups in total. The van der Waals surface area contributed by atoms with Gasteiger partial charge >= 0.3 is 0 Å². The number of rotatable bonds is 3. The number of likely N-dealkylation sites (tertiary alicyclic amines) is 1. The van der Waals surface area contributed by atoms with E-state index in [1.54, 1.807) is 0 Å². The minimum absolute atomic E-state index is 0.107. The summed E-state index contributed by atoms with van der Waals surface area (Å²) >= 11 is 0. The Labute approximate surface area is 115 Å². The molecule has 0 aromatic heterocycles. The molecule has 0 aliphatic carbocycles. The molecule has 1 heterocycles. The van der Waals surface area contributed by atoms with E-state index in [-0.39, 0.29) is 5.91 Å². The first-order valence-electron chi connectivity index (χ1n) is 7.09. The average Bonchev–Trinajstić information content (AvgIpc) is 2.41. The van der Waals surface area contributed by atoms with Crippen LogP contribution in [0.4, 0.5) is 0 Å². The molecule has 1 aromatic carbocycles. The molecule has 3 nitrogen and oxygen atoms in total. The zero-order valence-corrected chi connectivity index (χ0v) is 12.1. The highest BCUT2D eigenvalue weighted by Crippen LogP contribution is 2.20. The van der Waals surface area contributed by atoms with Crippen LogP contribution in [0.2, 0.25) is 0 Å². The van der Waals surface area contributed by atoms with E-state index in [1.807, 2.05) is 43.0 Å². The van der Waals surface area contributed by atoms with E-state index in [9.17, 15) is 4.79 Å². The maximum atomic E-state index is 12.3. The van der Waals surface area contributed by atoms with Crippen LogP contribution < -0.4 is 4.74 Å². The minimum atomic E-state index is -0.408. The zero-order chi connectivity index (χ0) is 13.8. The van der Waals surface area contributed by atoms with Gasteiger partial charge in [-0.3, -0.25) is 4.79 Å². The Hall–Kier alpha value is -1.51. The SMILES string of the molecule is Cc1ccccc1OC(C)C(=O)N1CCC(C)CC1. The summed E-state index contributed by atoms with van der Waals surface area (Å²) in [6.07, 6.45) is 1.79. The van der Waals surface area contributed by atoms with Crippen LogP contribution in [0.5, 0.6) is 5.75 Å². The molecule has 3 heteroatoms. The Kier molecular flexibility index (Phi) is 4.46. The molecule has 1 aliphatic heterocycles. The highest BCUT2D eigenvalue weighted by Gasteiger charge is 2.25. The fourth-order valence-electron chi connectivity index (χ4n) is 2.42. The molecule has 0 radical (unpaired) electrons. The number of carbonyl (C=O) groups excluding carboxylic acids is 1. The van der Waals surface area contributed by atoms with Crippen molar-refractivity contribution in [1.29, 1.82) is 0 Å². The summed E-state index contributed by atoms with van der Waals surface area (Å²) in [5, 5.41) is 0. The Morgan fingerprint density at radius 3 is 2.58 bits per heavy atom. The van der Waals surface area contributed by atoms with Crippen LogP contribution in [-0.4, -0.2) is 30.0 Å². The van der Waals surface area contributed by atoms with Gasteiger partial charge in [0.2, 0.25) is 0 Å². The number of nitrogens with zero attached hydrogens (tertiary/aromatic N) is 1. The molecule has 0 spiro atoms. The standard InChI is InChI=1S/C16H23NO2/c1-12-8-10-17(11-9-12)16(18)14(3)19-15-7-5-4-6-13(15)2/h4-7,12,14H,8-11H2,1-3H3. The van der Waals surface area contributed by atoms with Crippen molar-refractivity contribution in [3.8, 4) is 5.75 Å². The monoisotopic (exact) mass is 261 g/mol. The molecule has 0 bridgehead atoms. The molecule has 0 saturated carbocycles. The van der Waals surface area contributed by atoms with Crippen LogP contribution in [0.3, 0.4) is 0 Å². The fourth-order valence-corrected chi connectivity index (χ4v) is 2.42. The lowest BCUT2D eigenvalue weighted by atomic mass is 9.99. The second-order valence-electron chi connectivity index (χ2n) is 5.53. The lowest BCUT2D eigenvalue weighted by Crippen LogP contribution is -2.44. The molecule has 1 saturated heterocycles. The van der Waals surface area contributed by atoms with Gasteiger partial charge in [-0.2, -0.15) is 0 Å². The van der Waals surface area contributed by atoms with Crippen molar-refractivity contribution in [2.75, 3.05) is 13.1 Å². The van der Waals surface area contributed by atoms with Crippen molar-refractivity contribution < 1.29 is 9.53 Å². The Morgan fingerprint density at radius 1 is 1.32 bits per heavy atom. The van der Waals surface area contributed by atoms with Gasteiger partial charge in [-0.25, -0.2) is 0 Å². The molecular formula is C16H23NO2. The number of amides is 1. The second kappa shape index (κ2) is 6.09. The Bertz CT molecular complexity index is 436. The third kappa shape index (κ3) is 3.49. The van der Waals surface area contributed by atoms with Gasteiger partial charge in [0.05, 0.1) is 0 Å². The quantitative estimate of drug-likeness (QED) is 0.837. The van der Waals surface area contributed by atoms with Crippen molar-refractivity contribution in [2.45, 2.75) is 39.7 Å². The van der Waals surface area contributed by atoms with Gasteiger partial charge in [0.15, 0.2) is 6.10 Å². The highest BCUT2D eigenvalue weighted by molar-refractivity contribution is 5.81. The number of carbonyl (C=O) groups is 1. The number of benzene rings is 1. The summed E-state index contributed by atoms with van der Waals surface area (Å²) in [5.41, 5.74) is 1.06. The third-order valence-corrected chi connectivity index (χ3v) is 3.84. The van der Waals surface area contributed by atoms with Crippen LogP contribution in [-0.2, 0) is 4.79 Å². The molecule has 104 valence electrons. The number of hydrogen-bond acceptors (Lipinski definition) is 2. The van der Waals surface area contributed by atoms with E-state index in [1.165, 1.54) is 0 Å². The predicted molar refractivity (Wildman–Crippen MR) is 76.2 cm³/mol. The van der Waals surface area contributed by atoms with Crippen LogP contribution in [0.1, 0.15) is 32.3 Å². The molecule has 2 rings (SSSR count). The number of hydrogen-bond donors (Lipinski definition) is 0. The molecule has 1 aromatic rings. The first kappa shape index (κ1) is 13.9. The number of ether oxygens (including phenoxy) is 1. The lowest BCUT2D eigenvalue weighted by Gasteiger charge is -2.32. The van der Waals surface area contributed by atoms with E-state index >= 15 is 0 Å². The molecule has 19 heavy (non-hydrogen) atoms. The van der Waals surface area contributed by atoms with Crippen molar-refractivity contribution in [1.82, 2.24) is 4.90 Å². The molecular weight excluding hydrogens is 238 g/mol. The molecule has 1 aliphatic rings. The topological polar surface area (TPSA) is 29.5 Å². The molecule has 1 unspecified atom stereocenters. The van der Waals surface area contributed by atoms with Crippen molar-refractivity contribution in [3.63, 3.8) is 0 Å². The van der Waals surface area contributed by atoms with Crippen molar-refractivity contribution in [2.24, 2.45) is 5.92 Å². The van der Waals surface area contributed by atoms with Gasteiger partial charge in [-0.15, -0.1) is 0 Å². The van der Waals surface area contributed by atoms with Gasteiger partial charge in [-0.1, -0.05) is 25.1 Å². The maximum Gasteiger partial charge on any atom is 0.263 e. The van der Waals surface area contributed by atoms with E-state index < -0.39 is 6.10 Å². The zero-order valence-electron chi connectivity index (χ0n) is 12.1. The normalized spacial score (nSPS) is 18.2. The van der Waals surface area contributed by atoms with Gasteiger partial charge < -0.3 is 9.64 Å². The van der Waals surface area contributed by atoms with Gasteiger partial charge in [0.25, 0.3) is 5.91 Å². The van der Waals surface area contributed by atoms with E-state index in [4.69, 9.17) is 4.74 Å². The van der Waals surface area contributed by atoms with E-state index in [2.05, 4.69) is 6.92 Å². The third-order valence-electron chi connectivity index (χ3n) is 3.84. The fraction of sp³-hybridized carbons (Fsp3) is 0.562. The Balaban J connectivity index is 1.94. The van der Waals surface area contributed by atoms with Gasteiger partial charge in [0.1, 0.15) is 5.75 Å². The average molecular weight is 261 g/mol. The second-order valence-corrected chi connectivity index (χ2v) is 5.53. The van der Waals surface area contributed by atoms with E-state index in [0.717, 1.165) is 43.2 Å². The molecule has 1 atom stereocenters. The summed E-state index contributed by atoms with van der Waals surface area (Å²) in [6, 6.07) is 7.81. The lowest BCUT2D eigenvalue weighted by molar-refractivity contribution is -0.139. The smallest absolute Gasteiger partial charge is 0.263 e. The van der Waals surface area contributed by atoms with Crippen molar-refractivity contribution >= 4 is 5.91 Å². The molecule has 1 amide bonds. The first-order valence-corrected chi connectivity index (χ1v) is 7.09. The summed E-state index contributed by atoms with van der Waals surface area (Å²) in [4.78, 5) is 14.3. The van der Waals surface area contributed by atoms with Crippen LogP contribution in [0, 0.1) is 12.8 Å². The first-order chi connectivity index (χ1) is 9.08. The van der Waals surface area contributed by atoms with Gasteiger partial charge in [0, 0.05) is 13.1 Å². The van der Waals surface area contributed by atoms with Crippen LogP contribution in [0.25, 0.3) is 0 Å². The summed E-state index contributed by atoms with van der Waals surface area (Å²) in [7, 11) is 0. The predicted octanol–water partition coefficient (Wildman–Crippen LogP) is 3.02. The number of para-hydroxylation sites is 1. The van der Waals surface area contributed by atoms with E-state index in [0.29, 0.717) is 0 Å². The van der Waals surface area contributed by atoms with Crippen LogP contribution in [0.15, 0.2) is 24.3 Å². The number of aryl methyl sites for hydroxylation is 1. The Morgan fingerprint density at radius 2 is 1.95 bits per heavy atom. The maximum absolute atomic E-state index is 12.3. The van der Waals surface area contributed by atoms with Crippen molar-refractivity contribution in [3.05, 3.63) is 29.8 Å². The van der Waals surface area contributed by atoms with Gasteiger partial charge in [-0.05, 0) is 44.2 Å².